The van der Waals surface area contributed by atoms with E-state index in [0.29, 0.717) is 30.3 Å². The zero-order valence-corrected chi connectivity index (χ0v) is 14.1. The van der Waals surface area contributed by atoms with Crippen molar-refractivity contribution in [3.8, 4) is 0 Å². The highest BCUT2D eigenvalue weighted by atomic mass is 16.2. The van der Waals surface area contributed by atoms with Gasteiger partial charge in [-0.15, -0.1) is 0 Å². The van der Waals surface area contributed by atoms with Crippen LogP contribution < -0.4 is 10.6 Å². The number of hydrogen-bond acceptors (Lipinski definition) is 4. The molecule has 1 saturated carbocycles. The minimum absolute atomic E-state index is 0.0183. The van der Waals surface area contributed by atoms with Gasteiger partial charge in [-0.3, -0.25) is 9.59 Å². The molecular formula is C19H20N4O2. The lowest BCUT2D eigenvalue weighted by Gasteiger charge is -2.25. The van der Waals surface area contributed by atoms with Crippen molar-refractivity contribution in [1.29, 1.82) is 0 Å². The van der Waals surface area contributed by atoms with Crippen molar-refractivity contribution in [2.24, 2.45) is 0 Å². The zero-order chi connectivity index (χ0) is 17.4. The molecule has 1 aliphatic carbocycles. The average Bonchev–Trinajstić information content (AvgIpc) is 3.44. The molecule has 4 rings (SSSR count). The molecule has 128 valence electrons. The third-order valence-corrected chi connectivity index (χ3v) is 4.76. The normalized spacial score (nSPS) is 19.1. The molecule has 1 aliphatic heterocycles. The van der Waals surface area contributed by atoms with Crippen LogP contribution in [0.15, 0.2) is 30.5 Å². The number of carbonyl (C=O) groups excluding carboxylic acids is 2. The van der Waals surface area contributed by atoms with E-state index >= 15 is 0 Å². The highest BCUT2D eigenvalue weighted by molar-refractivity contribution is 5.96. The van der Waals surface area contributed by atoms with Crippen molar-refractivity contribution in [2.45, 2.75) is 38.0 Å². The maximum absolute atomic E-state index is 12.7. The first-order chi connectivity index (χ1) is 12.1. The number of nitrogens with zero attached hydrogens (tertiary/aromatic N) is 2. The second-order valence-corrected chi connectivity index (χ2v) is 6.74. The van der Waals surface area contributed by atoms with E-state index in [-0.39, 0.29) is 17.7 Å². The minimum atomic E-state index is -0.162. The largest absolute Gasteiger partial charge is 0.351 e. The molecule has 2 N–H and O–H groups in total. The highest BCUT2D eigenvalue weighted by Crippen LogP contribution is 2.40. The van der Waals surface area contributed by atoms with Crippen LogP contribution in [0, 0.1) is 6.92 Å². The van der Waals surface area contributed by atoms with Gasteiger partial charge in [0.25, 0.3) is 5.91 Å². The Bertz CT molecular complexity index is 845. The molecule has 1 aromatic carbocycles. The first-order valence-corrected chi connectivity index (χ1v) is 8.62. The standard InChI is InChI=1S/C19H20N4O2/c1-11-20-10-15(18(22-11)12-6-7-12)19(25)21-9-13-8-17(24)23-16-5-3-2-4-14(13)16/h2-5,10,12-13H,6-9H2,1H3,(H,21,25)(H,23,24). The van der Waals surface area contributed by atoms with E-state index in [0.717, 1.165) is 29.8 Å². The molecule has 2 heterocycles. The number of amides is 2. The van der Waals surface area contributed by atoms with Gasteiger partial charge in [0.15, 0.2) is 0 Å². The molecule has 0 spiro atoms. The van der Waals surface area contributed by atoms with Crippen LogP contribution in [0.1, 0.15) is 58.5 Å². The van der Waals surface area contributed by atoms with E-state index in [2.05, 4.69) is 20.6 Å². The lowest BCUT2D eigenvalue weighted by molar-refractivity contribution is -0.116. The molecule has 0 saturated heterocycles. The van der Waals surface area contributed by atoms with Gasteiger partial charge < -0.3 is 10.6 Å². The second kappa shape index (κ2) is 6.27. The molecule has 1 fully saturated rings. The predicted molar refractivity (Wildman–Crippen MR) is 93.5 cm³/mol. The molecule has 6 heteroatoms. The van der Waals surface area contributed by atoms with E-state index in [1.165, 1.54) is 0 Å². The number of para-hydroxylation sites is 1. The van der Waals surface area contributed by atoms with Crippen molar-refractivity contribution in [2.75, 3.05) is 11.9 Å². The number of hydrogen-bond donors (Lipinski definition) is 2. The van der Waals surface area contributed by atoms with Gasteiger partial charge in [0, 0.05) is 36.7 Å². The molecule has 1 aromatic heterocycles. The number of aryl methyl sites for hydroxylation is 1. The Hall–Kier alpha value is -2.76. The lowest BCUT2D eigenvalue weighted by atomic mass is 9.90. The summed E-state index contributed by atoms with van der Waals surface area (Å²) in [6, 6.07) is 7.73. The quantitative estimate of drug-likeness (QED) is 0.898. The van der Waals surface area contributed by atoms with E-state index < -0.39 is 0 Å². The first-order valence-electron chi connectivity index (χ1n) is 8.62. The number of carbonyl (C=O) groups is 2. The van der Waals surface area contributed by atoms with Gasteiger partial charge in [-0.1, -0.05) is 18.2 Å². The van der Waals surface area contributed by atoms with Crippen LogP contribution in [-0.4, -0.2) is 28.3 Å². The Morgan fingerprint density at radius 3 is 2.92 bits per heavy atom. The number of nitrogens with one attached hydrogen (secondary N) is 2. The van der Waals surface area contributed by atoms with Gasteiger partial charge in [-0.2, -0.15) is 0 Å². The first kappa shape index (κ1) is 15.7. The fraction of sp³-hybridized carbons (Fsp3) is 0.368. The average molecular weight is 336 g/mol. The predicted octanol–water partition coefficient (Wildman–Crippen LogP) is 2.52. The summed E-state index contributed by atoms with van der Waals surface area (Å²) in [5, 5.41) is 5.85. The van der Waals surface area contributed by atoms with Crippen molar-refractivity contribution in [3.05, 3.63) is 53.1 Å². The van der Waals surface area contributed by atoms with Crippen molar-refractivity contribution < 1.29 is 9.59 Å². The topological polar surface area (TPSA) is 84.0 Å². The minimum Gasteiger partial charge on any atom is -0.351 e. The van der Waals surface area contributed by atoms with Crippen LogP contribution >= 0.6 is 0 Å². The fourth-order valence-corrected chi connectivity index (χ4v) is 3.33. The van der Waals surface area contributed by atoms with Crippen molar-refractivity contribution in [3.63, 3.8) is 0 Å². The Morgan fingerprint density at radius 2 is 2.12 bits per heavy atom. The fourth-order valence-electron chi connectivity index (χ4n) is 3.33. The summed E-state index contributed by atoms with van der Waals surface area (Å²) in [7, 11) is 0. The summed E-state index contributed by atoms with van der Waals surface area (Å²) in [5.74, 6) is 0.866. The summed E-state index contributed by atoms with van der Waals surface area (Å²) < 4.78 is 0. The summed E-state index contributed by atoms with van der Waals surface area (Å²) >= 11 is 0. The van der Waals surface area contributed by atoms with Crippen LogP contribution in [-0.2, 0) is 4.79 Å². The van der Waals surface area contributed by atoms with Gasteiger partial charge in [0.05, 0.1) is 11.3 Å². The van der Waals surface area contributed by atoms with Gasteiger partial charge in [0.1, 0.15) is 5.82 Å². The lowest BCUT2D eigenvalue weighted by Crippen LogP contribution is -2.33. The SMILES string of the molecule is Cc1ncc(C(=O)NCC2CC(=O)Nc3ccccc32)c(C2CC2)n1. The Morgan fingerprint density at radius 1 is 1.32 bits per heavy atom. The molecule has 1 atom stereocenters. The van der Waals surface area contributed by atoms with Crippen LogP contribution in [0.5, 0.6) is 0 Å². The van der Waals surface area contributed by atoms with Crippen LogP contribution in [0.25, 0.3) is 0 Å². The van der Waals surface area contributed by atoms with Crippen LogP contribution in [0.3, 0.4) is 0 Å². The van der Waals surface area contributed by atoms with Gasteiger partial charge in [-0.25, -0.2) is 9.97 Å². The summed E-state index contributed by atoms with van der Waals surface area (Å²) in [4.78, 5) is 33.2. The number of benzene rings is 1. The third kappa shape index (κ3) is 3.24. The maximum atomic E-state index is 12.7. The Balaban J connectivity index is 1.51. The van der Waals surface area contributed by atoms with E-state index in [1.807, 2.05) is 31.2 Å². The number of fused-ring (bicyclic) bond motifs is 1. The van der Waals surface area contributed by atoms with Crippen molar-refractivity contribution >= 4 is 17.5 Å². The molecule has 2 aliphatic rings. The highest BCUT2D eigenvalue weighted by Gasteiger charge is 2.31. The number of rotatable bonds is 4. The molecule has 0 radical (unpaired) electrons. The number of aromatic nitrogens is 2. The zero-order valence-electron chi connectivity index (χ0n) is 14.1. The molecule has 1 unspecified atom stereocenters. The smallest absolute Gasteiger partial charge is 0.254 e. The molecule has 6 nitrogen and oxygen atoms in total. The monoisotopic (exact) mass is 336 g/mol. The van der Waals surface area contributed by atoms with E-state index in [1.54, 1.807) is 6.20 Å². The summed E-state index contributed by atoms with van der Waals surface area (Å²) in [6.07, 6.45) is 4.14. The number of anilines is 1. The second-order valence-electron chi connectivity index (χ2n) is 6.74. The van der Waals surface area contributed by atoms with Crippen LogP contribution in [0.2, 0.25) is 0 Å². The molecule has 2 aromatic rings. The third-order valence-electron chi connectivity index (χ3n) is 4.76. The summed E-state index contributed by atoms with van der Waals surface area (Å²) in [5.41, 5.74) is 3.30. The molecule has 25 heavy (non-hydrogen) atoms. The molecule has 0 bridgehead atoms. The Kier molecular flexibility index (Phi) is 3.95. The van der Waals surface area contributed by atoms with E-state index in [4.69, 9.17) is 0 Å². The van der Waals surface area contributed by atoms with Gasteiger partial charge in [-0.05, 0) is 31.4 Å². The van der Waals surface area contributed by atoms with E-state index in [9.17, 15) is 9.59 Å². The van der Waals surface area contributed by atoms with Gasteiger partial charge in [0.2, 0.25) is 5.91 Å². The van der Waals surface area contributed by atoms with Crippen LogP contribution in [0.4, 0.5) is 5.69 Å². The van der Waals surface area contributed by atoms with Crippen molar-refractivity contribution in [1.82, 2.24) is 15.3 Å². The maximum Gasteiger partial charge on any atom is 0.254 e. The Labute approximate surface area is 146 Å². The molecular weight excluding hydrogens is 316 g/mol. The summed E-state index contributed by atoms with van der Waals surface area (Å²) in [6.45, 7) is 2.26. The molecule has 2 amide bonds. The van der Waals surface area contributed by atoms with Gasteiger partial charge >= 0.3 is 0 Å².